The molecule has 0 aromatic heterocycles. The van der Waals surface area contributed by atoms with Crippen molar-refractivity contribution in [3.05, 3.63) is 46.0 Å². The van der Waals surface area contributed by atoms with E-state index in [9.17, 15) is 24.9 Å². The number of ketones is 1. The predicted octanol–water partition coefficient (Wildman–Crippen LogP) is 1.60. The SMILES string of the molecule is O=C1c2ccccc2[C@@](O)(C(=O)O)[C@@]1(O)CC=C(Cl)Cl. The minimum absolute atomic E-state index is 0.0426. The summed E-state index contributed by atoms with van der Waals surface area (Å²) in [7, 11) is 0. The first-order chi connectivity index (χ1) is 9.25. The molecule has 0 aliphatic heterocycles. The molecule has 0 bridgehead atoms. The van der Waals surface area contributed by atoms with Gasteiger partial charge in [0.15, 0.2) is 11.4 Å². The maximum atomic E-state index is 12.3. The standard InChI is InChI=1S/C13H10Cl2O5/c14-9(15)5-6-12(19)10(16)7-3-1-2-4-8(7)13(12,20)11(17)18/h1-5,19-20H,6H2,(H,17,18)/t12-,13-/m1/s1. The molecule has 7 heteroatoms. The Kier molecular flexibility index (Phi) is 3.64. The van der Waals surface area contributed by atoms with E-state index in [1.165, 1.54) is 24.3 Å². The first-order valence-corrected chi connectivity index (χ1v) is 6.34. The molecule has 1 aliphatic carbocycles. The lowest BCUT2D eigenvalue weighted by atomic mass is 9.80. The molecule has 1 aromatic rings. The van der Waals surface area contributed by atoms with E-state index in [-0.39, 0.29) is 15.6 Å². The molecule has 0 fully saturated rings. The van der Waals surface area contributed by atoms with Crippen molar-refractivity contribution >= 4 is 35.0 Å². The van der Waals surface area contributed by atoms with Gasteiger partial charge in [0.25, 0.3) is 0 Å². The summed E-state index contributed by atoms with van der Waals surface area (Å²) in [6.45, 7) is 0. The fraction of sp³-hybridized carbons (Fsp3) is 0.231. The molecule has 5 nitrogen and oxygen atoms in total. The highest BCUT2D eigenvalue weighted by Gasteiger charge is 2.66. The molecule has 0 amide bonds. The lowest BCUT2D eigenvalue weighted by Gasteiger charge is -2.32. The van der Waals surface area contributed by atoms with E-state index < -0.39 is 29.4 Å². The zero-order chi connectivity index (χ0) is 15.1. The average molecular weight is 317 g/mol. The van der Waals surface area contributed by atoms with Crippen LogP contribution in [0.3, 0.4) is 0 Å². The van der Waals surface area contributed by atoms with E-state index in [2.05, 4.69) is 0 Å². The number of carbonyl (C=O) groups excluding carboxylic acids is 1. The smallest absolute Gasteiger partial charge is 0.344 e. The fourth-order valence-corrected chi connectivity index (χ4v) is 2.52. The molecule has 1 aromatic carbocycles. The average Bonchev–Trinajstić information content (AvgIpc) is 2.58. The Morgan fingerprint density at radius 3 is 2.40 bits per heavy atom. The van der Waals surface area contributed by atoms with Gasteiger partial charge in [0.2, 0.25) is 5.60 Å². The molecule has 0 saturated heterocycles. The number of fused-ring (bicyclic) bond motifs is 1. The number of aliphatic hydroxyl groups is 2. The van der Waals surface area contributed by atoms with Crippen molar-refractivity contribution in [2.75, 3.05) is 0 Å². The second-order valence-electron chi connectivity index (χ2n) is 4.45. The summed E-state index contributed by atoms with van der Waals surface area (Å²) in [5.41, 5.74) is -5.50. The number of rotatable bonds is 3. The largest absolute Gasteiger partial charge is 0.479 e. The van der Waals surface area contributed by atoms with Crippen molar-refractivity contribution in [2.45, 2.75) is 17.6 Å². The second kappa shape index (κ2) is 4.86. The lowest BCUT2D eigenvalue weighted by molar-refractivity contribution is -0.183. The summed E-state index contributed by atoms with van der Waals surface area (Å²) >= 11 is 10.8. The van der Waals surface area contributed by atoms with Crippen LogP contribution in [0.25, 0.3) is 0 Å². The van der Waals surface area contributed by atoms with Crippen molar-refractivity contribution in [2.24, 2.45) is 0 Å². The highest BCUT2D eigenvalue weighted by atomic mass is 35.5. The summed E-state index contributed by atoms with van der Waals surface area (Å²) < 4.78 is -0.241. The van der Waals surface area contributed by atoms with Gasteiger partial charge >= 0.3 is 5.97 Å². The summed E-state index contributed by atoms with van der Waals surface area (Å²) in [4.78, 5) is 23.7. The van der Waals surface area contributed by atoms with Crippen LogP contribution in [0.15, 0.2) is 34.8 Å². The van der Waals surface area contributed by atoms with Gasteiger partial charge in [-0.15, -0.1) is 0 Å². The van der Waals surface area contributed by atoms with Crippen LogP contribution in [0.4, 0.5) is 0 Å². The minimum Gasteiger partial charge on any atom is -0.479 e. The van der Waals surface area contributed by atoms with Crippen LogP contribution in [-0.2, 0) is 10.4 Å². The van der Waals surface area contributed by atoms with Gasteiger partial charge in [0.05, 0.1) is 0 Å². The molecule has 2 atom stereocenters. The number of carboxylic acids is 1. The highest BCUT2D eigenvalue weighted by Crippen LogP contribution is 2.46. The molecule has 20 heavy (non-hydrogen) atoms. The second-order valence-corrected chi connectivity index (χ2v) is 5.46. The Hall–Kier alpha value is -1.40. The molecule has 2 rings (SSSR count). The topological polar surface area (TPSA) is 94.8 Å². The molecule has 0 radical (unpaired) electrons. The lowest BCUT2D eigenvalue weighted by Crippen LogP contribution is -2.56. The third-order valence-electron chi connectivity index (χ3n) is 3.40. The van der Waals surface area contributed by atoms with Crippen molar-refractivity contribution < 1.29 is 24.9 Å². The number of halogens is 2. The van der Waals surface area contributed by atoms with E-state index in [0.717, 1.165) is 6.08 Å². The predicted molar refractivity (Wildman–Crippen MR) is 71.7 cm³/mol. The summed E-state index contributed by atoms with van der Waals surface area (Å²) in [5.74, 6) is -2.61. The molecule has 1 aliphatic rings. The number of hydrogen-bond acceptors (Lipinski definition) is 4. The summed E-state index contributed by atoms with van der Waals surface area (Å²) in [5, 5.41) is 30.2. The Labute approximate surface area is 124 Å². The van der Waals surface area contributed by atoms with E-state index >= 15 is 0 Å². The normalized spacial score (nSPS) is 28.1. The Morgan fingerprint density at radius 1 is 1.25 bits per heavy atom. The van der Waals surface area contributed by atoms with Crippen LogP contribution in [0, 0.1) is 0 Å². The fourth-order valence-electron chi connectivity index (χ4n) is 2.36. The third-order valence-corrected chi connectivity index (χ3v) is 3.71. The highest BCUT2D eigenvalue weighted by molar-refractivity contribution is 6.55. The van der Waals surface area contributed by atoms with E-state index in [1.807, 2.05) is 0 Å². The van der Waals surface area contributed by atoms with Gasteiger partial charge in [0, 0.05) is 17.5 Å². The van der Waals surface area contributed by atoms with Crippen LogP contribution in [-0.4, -0.2) is 32.7 Å². The number of carbonyl (C=O) groups is 2. The van der Waals surface area contributed by atoms with Crippen LogP contribution >= 0.6 is 23.2 Å². The zero-order valence-electron chi connectivity index (χ0n) is 10.0. The van der Waals surface area contributed by atoms with E-state index in [0.29, 0.717) is 0 Å². The minimum atomic E-state index is -2.75. The Balaban J connectivity index is 2.67. The molecular weight excluding hydrogens is 307 g/mol. The van der Waals surface area contributed by atoms with Crippen molar-refractivity contribution in [1.29, 1.82) is 0 Å². The number of carboxylic acid groups (broad SMARTS) is 1. The van der Waals surface area contributed by atoms with Gasteiger partial charge in [-0.25, -0.2) is 4.79 Å². The molecule has 0 unspecified atom stereocenters. The van der Waals surface area contributed by atoms with Gasteiger partial charge in [-0.05, 0) is 0 Å². The van der Waals surface area contributed by atoms with Gasteiger partial charge < -0.3 is 15.3 Å². The van der Waals surface area contributed by atoms with Crippen LogP contribution in [0.5, 0.6) is 0 Å². The van der Waals surface area contributed by atoms with Gasteiger partial charge in [-0.1, -0.05) is 53.5 Å². The van der Waals surface area contributed by atoms with Gasteiger partial charge in [-0.3, -0.25) is 4.79 Å². The molecular formula is C13H10Cl2O5. The van der Waals surface area contributed by atoms with Crippen LogP contribution in [0.2, 0.25) is 0 Å². The summed E-state index contributed by atoms with van der Waals surface area (Å²) in [6.07, 6.45) is 0.548. The third kappa shape index (κ3) is 1.86. The number of Topliss-reactive ketones (excluding diaryl/α,β-unsaturated/α-hetero) is 1. The maximum absolute atomic E-state index is 12.3. The van der Waals surface area contributed by atoms with E-state index in [1.54, 1.807) is 0 Å². The number of hydrogen-bond donors (Lipinski definition) is 3. The Bertz CT molecular complexity index is 623. The number of benzene rings is 1. The van der Waals surface area contributed by atoms with Crippen molar-refractivity contribution in [3.8, 4) is 0 Å². The maximum Gasteiger partial charge on any atom is 0.344 e. The summed E-state index contributed by atoms with van der Waals surface area (Å²) in [6, 6.07) is 5.60. The van der Waals surface area contributed by atoms with Crippen LogP contribution < -0.4 is 0 Å². The molecule has 0 saturated carbocycles. The molecule has 0 heterocycles. The van der Waals surface area contributed by atoms with Gasteiger partial charge in [-0.2, -0.15) is 0 Å². The van der Waals surface area contributed by atoms with Gasteiger partial charge in [0.1, 0.15) is 4.49 Å². The quantitative estimate of drug-likeness (QED) is 0.787. The van der Waals surface area contributed by atoms with Crippen LogP contribution in [0.1, 0.15) is 22.3 Å². The molecule has 106 valence electrons. The molecule has 3 N–H and O–H groups in total. The monoisotopic (exact) mass is 316 g/mol. The first kappa shape index (κ1) is 15.0. The number of aliphatic carboxylic acids is 1. The first-order valence-electron chi connectivity index (χ1n) is 5.58. The molecule has 0 spiro atoms. The van der Waals surface area contributed by atoms with Crippen molar-refractivity contribution in [3.63, 3.8) is 0 Å². The zero-order valence-corrected chi connectivity index (χ0v) is 11.5. The Morgan fingerprint density at radius 2 is 1.85 bits per heavy atom. The van der Waals surface area contributed by atoms with Crippen molar-refractivity contribution in [1.82, 2.24) is 0 Å². The van der Waals surface area contributed by atoms with E-state index in [4.69, 9.17) is 23.2 Å².